The molecule has 1 atom stereocenters. The number of rotatable bonds is 23. The van der Waals surface area contributed by atoms with Crippen LogP contribution in [-0.2, 0) is 15.0 Å². The number of hydrogen-bond acceptors (Lipinski definition) is 10. The highest BCUT2D eigenvalue weighted by atomic mass is 32.2. The van der Waals surface area contributed by atoms with Gasteiger partial charge in [0, 0.05) is 55.2 Å². The van der Waals surface area contributed by atoms with Gasteiger partial charge in [-0.3, -0.25) is 24.5 Å². The number of carbonyl (C=O) groups is 4. The summed E-state index contributed by atoms with van der Waals surface area (Å²) in [6.45, 7) is 7.82. The number of nitrogens with zero attached hydrogens (tertiary/aromatic N) is 3. The molecule has 0 fully saturated rings. The van der Waals surface area contributed by atoms with Crippen LogP contribution in [0.2, 0.25) is 0 Å². The second-order valence-corrected chi connectivity index (χ2v) is 13.6. The molecular formula is C41H52N6O6S. The van der Waals surface area contributed by atoms with Gasteiger partial charge in [-0.2, -0.15) is 0 Å². The van der Waals surface area contributed by atoms with Crippen LogP contribution in [0.5, 0.6) is 11.5 Å². The van der Waals surface area contributed by atoms with Crippen LogP contribution in [0.1, 0.15) is 84.7 Å². The lowest BCUT2D eigenvalue weighted by atomic mass is 9.78. The molecule has 54 heavy (non-hydrogen) atoms. The predicted octanol–water partition coefficient (Wildman–Crippen LogP) is 6.60. The summed E-state index contributed by atoms with van der Waals surface area (Å²) in [5.41, 5.74) is 9.48. The molecule has 0 radical (unpaired) electrons. The van der Waals surface area contributed by atoms with Crippen LogP contribution in [0, 0.1) is 0 Å². The normalized spacial score (nSPS) is 12.4. The molecule has 13 heteroatoms. The Kier molecular flexibility index (Phi) is 18.0. The molecule has 0 spiro atoms. The molecule has 3 aromatic carbocycles. The third-order valence-corrected chi connectivity index (χ3v) is 9.42. The Morgan fingerprint density at radius 1 is 0.963 bits per heavy atom. The zero-order valence-corrected chi connectivity index (χ0v) is 32.6. The van der Waals surface area contributed by atoms with E-state index in [-0.39, 0.29) is 23.8 Å². The van der Waals surface area contributed by atoms with Gasteiger partial charge < -0.3 is 25.4 Å². The fraction of sp³-hybridized carbons (Fsp3) is 0.366. The fourth-order valence-corrected chi connectivity index (χ4v) is 5.86. The molecule has 0 aromatic heterocycles. The lowest BCUT2D eigenvalue weighted by molar-refractivity contribution is -0.125. The summed E-state index contributed by atoms with van der Waals surface area (Å²) in [5, 5.41) is 5.42. The Morgan fingerprint density at radius 2 is 1.63 bits per heavy atom. The van der Waals surface area contributed by atoms with Crippen LogP contribution >= 0.6 is 11.9 Å². The van der Waals surface area contributed by atoms with Gasteiger partial charge in [0.1, 0.15) is 18.1 Å². The van der Waals surface area contributed by atoms with E-state index in [1.165, 1.54) is 28.7 Å². The fourth-order valence-electron chi connectivity index (χ4n) is 5.51. The van der Waals surface area contributed by atoms with Crippen molar-refractivity contribution in [3.8, 4) is 11.5 Å². The molecule has 1 unspecified atom stereocenters. The summed E-state index contributed by atoms with van der Waals surface area (Å²) >= 11 is 1.35. The number of nitrogens with one attached hydrogen (secondary N) is 2. The molecule has 3 rings (SSSR count). The zero-order valence-electron chi connectivity index (χ0n) is 31.7. The van der Waals surface area contributed by atoms with Gasteiger partial charge in [-0.15, -0.1) is 0 Å². The van der Waals surface area contributed by atoms with Crippen LogP contribution < -0.4 is 25.8 Å². The summed E-state index contributed by atoms with van der Waals surface area (Å²) in [5.74, 6) is 0.861. The van der Waals surface area contributed by atoms with Crippen molar-refractivity contribution in [3.05, 3.63) is 101 Å². The van der Waals surface area contributed by atoms with Gasteiger partial charge >= 0.3 is 0 Å². The number of unbranched alkanes of at least 4 members (excludes halogenated alkanes) is 2. The number of benzene rings is 3. The largest absolute Gasteiger partial charge is 0.494 e. The molecule has 0 saturated carbocycles. The van der Waals surface area contributed by atoms with Crippen LogP contribution in [0.25, 0.3) is 0 Å². The molecule has 0 aliphatic carbocycles. The van der Waals surface area contributed by atoms with E-state index in [1.54, 1.807) is 37.5 Å². The molecule has 0 aliphatic heterocycles. The first-order chi connectivity index (χ1) is 26.0. The zero-order chi connectivity index (χ0) is 39.3. The van der Waals surface area contributed by atoms with Crippen molar-refractivity contribution < 1.29 is 28.7 Å². The summed E-state index contributed by atoms with van der Waals surface area (Å²) < 4.78 is 16.3. The van der Waals surface area contributed by atoms with Crippen molar-refractivity contribution in [1.29, 1.82) is 0 Å². The molecule has 0 aliphatic rings. The maximum Gasteiger partial charge on any atom is 0.254 e. The number of carbonyl (C=O) groups excluding carboxylic acids is 4. The summed E-state index contributed by atoms with van der Waals surface area (Å²) in [6.07, 6.45) is 10.7. The van der Waals surface area contributed by atoms with Gasteiger partial charge in [0.15, 0.2) is 6.29 Å². The maximum absolute atomic E-state index is 13.1. The van der Waals surface area contributed by atoms with E-state index in [1.807, 2.05) is 37.4 Å². The van der Waals surface area contributed by atoms with Gasteiger partial charge in [0.05, 0.1) is 24.2 Å². The number of aldehydes is 1. The van der Waals surface area contributed by atoms with Gasteiger partial charge in [0.2, 0.25) is 12.3 Å². The smallest absolute Gasteiger partial charge is 0.254 e. The van der Waals surface area contributed by atoms with Gasteiger partial charge in [-0.05, 0) is 104 Å². The van der Waals surface area contributed by atoms with Gasteiger partial charge in [-0.1, -0.05) is 38.1 Å². The molecule has 3 amide bonds. The van der Waals surface area contributed by atoms with Crippen molar-refractivity contribution in [2.24, 2.45) is 15.1 Å². The molecule has 12 nitrogen and oxygen atoms in total. The monoisotopic (exact) mass is 756 g/mol. The van der Waals surface area contributed by atoms with Crippen LogP contribution in [0.15, 0.2) is 88.4 Å². The SMILES string of the molecule is CSN=C(/C=C\N=CN)COc1ccc(C(C)(C)c2ccc(OCCCCCNc3ccc(C(=O)N(C)C(C)CCC(=O)NC=O)c(C=O)c3)cc2)cc1. The Hall–Kier alpha value is -5.43. The van der Waals surface area contributed by atoms with Crippen molar-refractivity contribution in [2.75, 3.05) is 38.4 Å². The minimum atomic E-state index is -0.404. The minimum Gasteiger partial charge on any atom is -0.494 e. The first-order valence-electron chi connectivity index (χ1n) is 17.8. The maximum atomic E-state index is 13.1. The van der Waals surface area contributed by atoms with E-state index in [9.17, 15) is 19.2 Å². The molecule has 3 aromatic rings. The number of hydrogen-bond donors (Lipinski definition) is 3. The van der Waals surface area contributed by atoms with E-state index < -0.39 is 5.91 Å². The Balaban J connectivity index is 1.41. The first-order valence-corrected chi connectivity index (χ1v) is 19.0. The Morgan fingerprint density at radius 3 is 2.24 bits per heavy atom. The average Bonchev–Trinajstić information content (AvgIpc) is 3.18. The van der Waals surface area contributed by atoms with E-state index in [0.29, 0.717) is 50.0 Å². The molecule has 0 bridgehead atoms. The highest BCUT2D eigenvalue weighted by Gasteiger charge is 2.24. The summed E-state index contributed by atoms with van der Waals surface area (Å²) in [6, 6.07) is 21.2. The standard InChI is InChI=1S/C41H52N6O6S/c1-30(9-20-39(50)45-29-49)47(4)40(51)38-19-14-34(25-31(38)26-48)44-22-7-6-8-24-52-36-15-10-32(11-16-36)41(2,3)33-12-17-37(18-13-33)53-27-35(46-54-5)21-23-43-28-42/h10-19,21,23,25-26,28-30,44H,6-9,20,22,24,27H2,1-5H3,(H2,42,43)(H,45,49,50)/b23-21-,46-35?. The number of ether oxygens (including phenoxy) is 2. The van der Waals surface area contributed by atoms with Gasteiger partial charge in [0.25, 0.3) is 5.91 Å². The van der Waals surface area contributed by atoms with Crippen LogP contribution in [0.3, 0.4) is 0 Å². The lowest BCUT2D eigenvalue weighted by Gasteiger charge is -2.26. The van der Waals surface area contributed by atoms with Crippen molar-refractivity contribution in [1.82, 2.24) is 10.2 Å². The first kappa shape index (κ1) is 43.0. The minimum absolute atomic E-state index is 0.108. The third-order valence-electron chi connectivity index (χ3n) is 9.00. The van der Waals surface area contributed by atoms with E-state index in [2.05, 4.69) is 58.1 Å². The Labute approximate surface area is 322 Å². The third kappa shape index (κ3) is 13.5. The number of imide groups is 1. The summed E-state index contributed by atoms with van der Waals surface area (Å²) in [7, 11) is 1.63. The van der Waals surface area contributed by atoms with Crippen molar-refractivity contribution in [2.45, 2.75) is 64.3 Å². The van der Waals surface area contributed by atoms with E-state index in [0.717, 1.165) is 47.7 Å². The molecule has 4 N–H and O–H groups in total. The lowest BCUT2D eigenvalue weighted by Crippen LogP contribution is -2.36. The van der Waals surface area contributed by atoms with Gasteiger partial charge in [-0.25, -0.2) is 9.39 Å². The number of anilines is 1. The Bertz CT molecular complexity index is 1760. The quantitative estimate of drug-likeness (QED) is 0.0318. The second-order valence-electron chi connectivity index (χ2n) is 13.1. The number of amides is 3. The number of aliphatic imine (C=N–C) groups is 1. The highest BCUT2D eigenvalue weighted by molar-refractivity contribution is 7.97. The summed E-state index contributed by atoms with van der Waals surface area (Å²) in [4.78, 5) is 52.3. The average molecular weight is 757 g/mol. The number of nitrogens with two attached hydrogens (primary N) is 1. The molecule has 0 saturated heterocycles. The predicted molar refractivity (Wildman–Crippen MR) is 218 cm³/mol. The topological polar surface area (TPSA) is 165 Å². The van der Waals surface area contributed by atoms with E-state index in [4.69, 9.17) is 15.2 Å². The van der Waals surface area contributed by atoms with Crippen LogP contribution in [0.4, 0.5) is 5.69 Å². The molecule has 0 heterocycles. The van der Waals surface area contributed by atoms with Crippen molar-refractivity contribution >= 4 is 54.2 Å². The van der Waals surface area contributed by atoms with Crippen LogP contribution in [-0.4, -0.2) is 80.6 Å². The van der Waals surface area contributed by atoms with Crippen molar-refractivity contribution in [3.63, 3.8) is 0 Å². The molecular weight excluding hydrogens is 705 g/mol. The molecule has 288 valence electrons. The highest BCUT2D eigenvalue weighted by Crippen LogP contribution is 2.33. The van der Waals surface area contributed by atoms with E-state index >= 15 is 0 Å². The second kappa shape index (κ2) is 22.6.